The Morgan fingerprint density at radius 2 is 1.41 bits per heavy atom. The molecule has 1 aromatic heterocycles. The van der Waals surface area contributed by atoms with Gasteiger partial charge in [0.05, 0.1) is 28.3 Å². The molecule has 0 amide bonds. The molecule has 5 unspecified atom stereocenters. The number of hydrogen-bond acceptors (Lipinski definition) is 7. The zero-order valence-electron chi connectivity index (χ0n) is 39.1. The monoisotopic (exact) mass is 852 g/mol. The summed E-state index contributed by atoms with van der Waals surface area (Å²) in [5.41, 5.74) is 1.18. The maximum absolute atomic E-state index is 15.9. The number of thiazole rings is 1. The molecule has 11 heteroatoms. The number of ketones is 1. The summed E-state index contributed by atoms with van der Waals surface area (Å²) < 4.78 is 36.8. The second-order valence-electron chi connectivity index (χ2n) is 21.6. The fourth-order valence-electron chi connectivity index (χ4n) is 6.83. The number of allylic oxidation sites excluding steroid dienone is 1. The highest BCUT2D eigenvalue weighted by Crippen LogP contribution is 2.52. The predicted molar refractivity (Wildman–Crippen MR) is 245 cm³/mol. The summed E-state index contributed by atoms with van der Waals surface area (Å²) in [5.74, 6) is -0.277. The van der Waals surface area contributed by atoms with Crippen molar-refractivity contribution in [2.45, 2.75) is 214 Å². The van der Waals surface area contributed by atoms with E-state index < -0.39 is 42.6 Å². The first-order valence-electron chi connectivity index (χ1n) is 21.3. The maximum atomic E-state index is 15.9. The van der Waals surface area contributed by atoms with E-state index in [1.807, 2.05) is 12.3 Å². The van der Waals surface area contributed by atoms with E-state index in [4.69, 9.17) is 13.3 Å². The van der Waals surface area contributed by atoms with Crippen molar-refractivity contribution in [2.75, 3.05) is 0 Å². The fourth-order valence-corrected chi connectivity index (χ4v) is 11.5. The molecule has 0 spiro atoms. The van der Waals surface area contributed by atoms with E-state index in [0.29, 0.717) is 12.1 Å². The molecule has 5 atom stereocenters. The lowest BCUT2D eigenvalue weighted by Gasteiger charge is -2.52. The van der Waals surface area contributed by atoms with Crippen LogP contribution in [0.15, 0.2) is 22.9 Å². The Morgan fingerprint density at radius 1 is 0.893 bits per heavy atom. The molecule has 1 aliphatic rings. The number of hydrogen-bond donors (Lipinski definition) is 0. The van der Waals surface area contributed by atoms with Gasteiger partial charge in [0.1, 0.15) is 24.0 Å². The third-order valence-corrected chi connectivity index (χ3v) is 28.2. The van der Waals surface area contributed by atoms with Crippen molar-refractivity contribution in [3.8, 4) is 0 Å². The quantitative estimate of drug-likeness (QED) is 0.0697. The summed E-state index contributed by atoms with van der Waals surface area (Å²) >= 11 is 1.52. The largest absolute Gasteiger partial charge is 0.413 e. The molecule has 2 rings (SSSR count). The van der Waals surface area contributed by atoms with E-state index in [1.54, 1.807) is 0 Å². The van der Waals surface area contributed by atoms with Crippen LogP contribution in [0.4, 0.5) is 4.39 Å². The van der Waals surface area contributed by atoms with Crippen LogP contribution in [0.25, 0.3) is 6.08 Å². The normalized spacial score (nSPS) is 19.2. The van der Waals surface area contributed by atoms with Crippen LogP contribution in [-0.4, -0.2) is 60.3 Å². The van der Waals surface area contributed by atoms with E-state index in [2.05, 4.69) is 133 Å². The number of aromatic nitrogens is 1. The van der Waals surface area contributed by atoms with Crippen LogP contribution in [0.2, 0.25) is 54.4 Å². The molecule has 1 aliphatic carbocycles. The van der Waals surface area contributed by atoms with Crippen molar-refractivity contribution >= 4 is 54.4 Å². The van der Waals surface area contributed by atoms with Gasteiger partial charge in [0.15, 0.2) is 25.0 Å². The first kappa shape index (κ1) is 51.1. The van der Waals surface area contributed by atoms with E-state index in [1.165, 1.54) is 23.0 Å². The van der Waals surface area contributed by atoms with Crippen molar-refractivity contribution in [2.24, 2.45) is 17.3 Å². The molecule has 0 aliphatic heterocycles. The minimum atomic E-state index is -2.26. The molecule has 0 radical (unpaired) electrons. The summed E-state index contributed by atoms with van der Waals surface area (Å²) in [4.78, 5) is 31.5. The van der Waals surface area contributed by atoms with E-state index >= 15 is 4.39 Å². The third-order valence-electron chi connectivity index (χ3n) is 14.0. The fraction of sp³-hybridized carbons (Fsp3) is 0.800. The Labute approximate surface area is 350 Å². The van der Waals surface area contributed by atoms with Gasteiger partial charge in [-0.1, -0.05) is 94.2 Å². The molecule has 0 saturated heterocycles. The van der Waals surface area contributed by atoms with Crippen molar-refractivity contribution in [1.29, 1.82) is 0 Å². The molecule has 1 saturated carbocycles. The molecule has 1 fully saturated rings. The first-order valence-corrected chi connectivity index (χ1v) is 30.9. The highest BCUT2D eigenvalue weighted by molar-refractivity contribution is 7.09. The van der Waals surface area contributed by atoms with Crippen LogP contribution in [0.5, 0.6) is 0 Å². The highest BCUT2D eigenvalue weighted by atomic mass is 32.1. The summed E-state index contributed by atoms with van der Waals surface area (Å²) in [6.45, 7) is 41.6. The SMILES string of the molecule is C/C(=C\CC(O[Si](C)(C)C(C)(C)C)/C(F)=C/c1csc(C)n1)CCCC(C)C(O[Si](C)(C)C(C)(C)C)C(C)C(=O)C1(C(CC=O)O[Si](C)(C)C(C)(C)C)CCC1. The highest BCUT2D eigenvalue weighted by Gasteiger charge is 2.56. The van der Waals surface area contributed by atoms with Crippen molar-refractivity contribution in [3.05, 3.63) is 33.6 Å². The average molecular weight is 852 g/mol. The number of carbonyl (C=O) groups is 2. The number of carbonyl (C=O) groups excluding carboxylic acids is 2. The Kier molecular flexibility index (Phi) is 17.8. The third kappa shape index (κ3) is 13.2. The zero-order valence-corrected chi connectivity index (χ0v) is 42.9. The smallest absolute Gasteiger partial charge is 0.193 e. The standard InChI is InChI=1S/C45H82FNO5SSi3/c1-32(24-25-38(50-54(14,15)42(5,6)7)37(46)30-36-31-53-35(4)47-36)22-20-23-33(2)40(52-56(18,19)44(11,12)13)34(3)41(49)45(27-21-28-45)39(26-29-48)51-55(16,17)43(8,9)10/h24,29-31,33-34,38-40H,20-23,25-28H2,1-19H3/b32-24+,37-30-. The molecular formula is C45H82FNO5SSi3. The molecular weight excluding hydrogens is 770 g/mol. The number of rotatable bonds is 21. The average Bonchev–Trinajstić information content (AvgIpc) is 3.42. The Balaban J connectivity index is 2.34. The van der Waals surface area contributed by atoms with Gasteiger partial charge in [-0.2, -0.15) is 0 Å². The lowest BCUT2D eigenvalue weighted by Crippen LogP contribution is -2.58. The summed E-state index contributed by atoms with van der Waals surface area (Å²) in [6.07, 6.45) is 9.20. The number of aldehydes is 1. The van der Waals surface area contributed by atoms with Crippen LogP contribution in [-0.2, 0) is 22.9 Å². The van der Waals surface area contributed by atoms with Crippen molar-refractivity contribution in [1.82, 2.24) is 4.98 Å². The second-order valence-corrected chi connectivity index (χ2v) is 36.9. The second kappa shape index (κ2) is 19.5. The topological polar surface area (TPSA) is 74.7 Å². The van der Waals surface area contributed by atoms with Crippen LogP contribution in [0, 0.1) is 24.2 Å². The lowest BCUT2D eigenvalue weighted by molar-refractivity contribution is -0.152. The predicted octanol–water partition coefficient (Wildman–Crippen LogP) is 14.0. The van der Waals surface area contributed by atoms with E-state index in [0.717, 1.165) is 49.8 Å². The Bertz CT molecular complexity index is 1510. The number of aryl methyl sites for hydroxylation is 1. The molecule has 1 heterocycles. The van der Waals surface area contributed by atoms with E-state index in [9.17, 15) is 9.59 Å². The van der Waals surface area contributed by atoms with Gasteiger partial charge in [0, 0.05) is 17.7 Å². The van der Waals surface area contributed by atoms with Gasteiger partial charge in [-0.05, 0) is 119 Å². The summed E-state index contributed by atoms with van der Waals surface area (Å²) in [7, 11) is -6.76. The molecule has 6 nitrogen and oxygen atoms in total. The number of Topliss-reactive ketones (excluding diaryl/α,β-unsaturated/α-hetero) is 1. The van der Waals surface area contributed by atoms with Gasteiger partial charge in [-0.15, -0.1) is 11.3 Å². The Hall–Kier alpha value is -1.09. The number of halogens is 1. The molecule has 322 valence electrons. The van der Waals surface area contributed by atoms with Crippen molar-refractivity contribution < 1.29 is 27.3 Å². The molecule has 0 aromatic carbocycles. The van der Waals surface area contributed by atoms with Gasteiger partial charge >= 0.3 is 0 Å². The molecule has 1 aromatic rings. The minimum absolute atomic E-state index is 0.0161. The van der Waals surface area contributed by atoms with Gasteiger partial charge in [0.25, 0.3) is 0 Å². The van der Waals surface area contributed by atoms with E-state index in [-0.39, 0.29) is 51.1 Å². The molecule has 56 heavy (non-hydrogen) atoms. The molecule has 0 bridgehead atoms. The zero-order chi connectivity index (χ0) is 43.3. The van der Waals surface area contributed by atoms with Gasteiger partial charge in [-0.3, -0.25) is 4.79 Å². The van der Waals surface area contributed by atoms with Crippen LogP contribution >= 0.6 is 11.3 Å². The first-order chi connectivity index (χ1) is 25.3. The van der Waals surface area contributed by atoms with Gasteiger partial charge in [-0.25, -0.2) is 9.37 Å². The lowest BCUT2D eigenvalue weighted by atomic mass is 9.59. The Morgan fingerprint density at radius 3 is 1.86 bits per heavy atom. The van der Waals surface area contributed by atoms with Gasteiger partial charge < -0.3 is 18.1 Å². The summed E-state index contributed by atoms with van der Waals surface area (Å²) in [6, 6.07) is 0. The van der Waals surface area contributed by atoms with Crippen LogP contribution in [0.1, 0.15) is 145 Å². The maximum Gasteiger partial charge on any atom is 0.193 e. The molecule has 0 N–H and O–H groups in total. The van der Waals surface area contributed by atoms with Crippen LogP contribution < -0.4 is 0 Å². The van der Waals surface area contributed by atoms with Crippen LogP contribution in [0.3, 0.4) is 0 Å². The van der Waals surface area contributed by atoms with Gasteiger partial charge in [0.2, 0.25) is 0 Å². The minimum Gasteiger partial charge on any atom is -0.413 e. The van der Waals surface area contributed by atoms with Crippen molar-refractivity contribution in [3.63, 3.8) is 0 Å². The summed E-state index contributed by atoms with van der Waals surface area (Å²) in [5, 5.41) is 2.69. The number of nitrogens with zero attached hydrogens (tertiary/aromatic N) is 1.